The zero-order valence-electron chi connectivity index (χ0n) is 8.85. The molecule has 0 unspecified atom stereocenters. The lowest BCUT2D eigenvalue weighted by molar-refractivity contribution is 0.0988. The Labute approximate surface area is 89.1 Å². The van der Waals surface area contributed by atoms with Crippen LogP contribution >= 0.6 is 0 Å². The highest BCUT2D eigenvalue weighted by Gasteiger charge is 1.97. The zero-order chi connectivity index (χ0) is 10.9. The molecule has 1 heterocycles. The van der Waals surface area contributed by atoms with E-state index in [1.807, 2.05) is 0 Å². The normalized spacial score (nSPS) is 10.3. The maximum atomic E-state index is 8.74. The number of rotatable bonds is 7. The van der Waals surface area contributed by atoms with Crippen molar-refractivity contribution in [3.63, 3.8) is 0 Å². The molecule has 0 aliphatic rings. The van der Waals surface area contributed by atoms with Gasteiger partial charge in [0.2, 0.25) is 5.88 Å². The summed E-state index contributed by atoms with van der Waals surface area (Å²) in [7, 11) is 0. The van der Waals surface area contributed by atoms with Crippen molar-refractivity contribution in [2.24, 2.45) is 0 Å². The van der Waals surface area contributed by atoms with Gasteiger partial charge < -0.3 is 14.6 Å². The first kappa shape index (κ1) is 11.9. The summed E-state index contributed by atoms with van der Waals surface area (Å²) in [6.45, 7) is 3.72. The summed E-state index contributed by atoms with van der Waals surface area (Å²) in [5.41, 5.74) is 0.532. The average Bonchev–Trinajstić information content (AvgIpc) is 2.30. The summed E-state index contributed by atoms with van der Waals surface area (Å²) in [5.74, 6) is 0.451. The van der Waals surface area contributed by atoms with Crippen LogP contribution in [0.4, 0.5) is 0 Å². The van der Waals surface area contributed by atoms with Gasteiger partial charge in [0.1, 0.15) is 6.61 Å². The Morgan fingerprint density at radius 3 is 2.67 bits per heavy atom. The van der Waals surface area contributed by atoms with Gasteiger partial charge in [-0.25, -0.2) is 4.98 Å². The molecule has 0 radical (unpaired) electrons. The lowest BCUT2D eigenvalue weighted by Gasteiger charge is -2.05. The largest absolute Gasteiger partial charge is 0.474 e. The molecule has 0 fully saturated rings. The monoisotopic (exact) mass is 212 g/mol. The van der Waals surface area contributed by atoms with Gasteiger partial charge in [-0.1, -0.05) is 6.92 Å². The van der Waals surface area contributed by atoms with E-state index in [4.69, 9.17) is 14.6 Å². The van der Waals surface area contributed by atoms with E-state index in [-0.39, 0.29) is 6.61 Å². The van der Waals surface area contributed by atoms with Crippen LogP contribution in [0.15, 0.2) is 12.4 Å². The molecule has 0 aliphatic carbocycles. The number of aliphatic hydroxyl groups is 1. The maximum absolute atomic E-state index is 8.74. The molecule has 0 aromatic carbocycles. The summed E-state index contributed by atoms with van der Waals surface area (Å²) < 4.78 is 10.5. The molecule has 1 aromatic heterocycles. The minimum atomic E-state index is -0.104. The van der Waals surface area contributed by atoms with Crippen LogP contribution in [0.5, 0.6) is 5.88 Å². The van der Waals surface area contributed by atoms with Gasteiger partial charge in [0.05, 0.1) is 31.3 Å². The minimum Gasteiger partial charge on any atom is -0.474 e. The van der Waals surface area contributed by atoms with E-state index in [0.717, 1.165) is 13.0 Å². The zero-order valence-corrected chi connectivity index (χ0v) is 8.85. The van der Waals surface area contributed by atoms with E-state index in [9.17, 15) is 0 Å². The van der Waals surface area contributed by atoms with Crippen LogP contribution in [-0.4, -0.2) is 34.9 Å². The third-order valence-corrected chi connectivity index (χ3v) is 1.67. The molecular formula is C10H16N2O3. The minimum absolute atomic E-state index is 0.104. The van der Waals surface area contributed by atoms with Crippen molar-refractivity contribution in [3.05, 3.63) is 18.1 Å². The van der Waals surface area contributed by atoms with Crippen LogP contribution in [0.3, 0.4) is 0 Å². The fourth-order valence-corrected chi connectivity index (χ4v) is 0.951. The molecule has 0 saturated heterocycles. The quantitative estimate of drug-likeness (QED) is 0.676. The summed E-state index contributed by atoms with van der Waals surface area (Å²) in [5, 5.41) is 8.74. The first-order valence-corrected chi connectivity index (χ1v) is 4.99. The molecular weight excluding hydrogens is 196 g/mol. The summed E-state index contributed by atoms with van der Waals surface area (Å²) in [4.78, 5) is 7.90. The Bertz CT molecular complexity index is 264. The van der Waals surface area contributed by atoms with Crippen LogP contribution in [-0.2, 0) is 11.3 Å². The van der Waals surface area contributed by atoms with E-state index in [2.05, 4.69) is 16.9 Å². The smallest absolute Gasteiger partial charge is 0.232 e. The number of hydrogen-bond donors (Lipinski definition) is 1. The molecule has 5 heteroatoms. The number of aromatic nitrogens is 2. The highest BCUT2D eigenvalue weighted by Crippen LogP contribution is 2.03. The second-order valence-electron chi connectivity index (χ2n) is 2.96. The SMILES string of the molecule is CCCOCCOc1cnc(CO)cn1. The first-order chi connectivity index (χ1) is 7.36. The van der Waals surface area contributed by atoms with Crippen molar-refractivity contribution in [1.82, 2.24) is 9.97 Å². The predicted molar refractivity (Wildman–Crippen MR) is 54.6 cm³/mol. The Balaban J connectivity index is 2.20. The van der Waals surface area contributed by atoms with Crippen molar-refractivity contribution >= 4 is 0 Å². The van der Waals surface area contributed by atoms with Gasteiger partial charge >= 0.3 is 0 Å². The molecule has 1 rings (SSSR count). The van der Waals surface area contributed by atoms with Gasteiger partial charge in [0.25, 0.3) is 0 Å². The van der Waals surface area contributed by atoms with Crippen LogP contribution in [0.1, 0.15) is 19.0 Å². The number of ether oxygens (including phenoxy) is 2. The third-order valence-electron chi connectivity index (χ3n) is 1.67. The summed E-state index contributed by atoms with van der Waals surface area (Å²) in [6.07, 6.45) is 3.98. The van der Waals surface area contributed by atoms with Gasteiger partial charge in [-0.3, -0.25) is 4.98 Å². The van der Waals surface area contributed by atoms with Crippen molar-refractivity contribution in [2.75, 3.05) is 19.8 Å². The lowest BCUT2D eigenvalue weighted by atomic mass is 10.5. The molecule has 0 spiro atoms. The average molecular weight is 212 g/mol. The van der Waals surface area contributed by atoms with E-state index >= 15 is 0 Å². The molecule has 1 N–H and O–H groups in total. The number of hydrogen-bond acceptors (Lipinski definition) is 5. The lowest BCUT2D eigenvalue weighted by Crippen LogP contribution is -2.08. The highest BCUT2D eigenvalue weighted by molar-refractivity contribution is 5.06. The molecule has 0 bridgehead atoms. The van der Waals surface area contributed by atoms with E-state index in [1.54, 1.807) is 0 Å². The van der Waals surface area contributed by atoms with Gasteiger partial charge in [-0.05, 0) is 6.42 Å². The Hall–Kier alpha value is -1.20. The van der Waals surface area contributed by atoms with Crippen molar-refractivity contribution in [3.8, 4) is 5.88 Å². The molecule has 84 valence electrons. The molecule has 0 aliphatic heterocycles. The van der Waals surface area contributed by atoms with Crippen LogP contribution in [0.25, 0.3) is 0 Å². The van der Waals surface area contributed by atoms with Crippen molar-refractivity contribution in [2.45, 2.75) is 20.0 Å². The molecule has 0 amide bonds. The van der Waals surface area contributed by atoms with E-state index < -0.39 is 0 Å². The maximum Gasteiger partial charge on any atom is 0.232 e. The predicted octanol–water partition coefficient (Wildman–Crippen LogP) is 0.774. The fraction of sp³-hybridized carbons (Fsp3) is 0.600. The Morgan fingerprint density at radius 1 is 1.20 bits per heavy atom. The molecule has 1 aromatic rings. The van der Waals surface area contributed by atoms with Gasteiger partial charge in [-0.15, -0.1) is 0 Å². The highest BCUT2D eigenvalue weighted by atomic mass is 16.5. The number of nitrogens with zero attached hydrogens (tertiary/aromatic N) is 2. The Morgan fingerprint density at radius 2 is 2.07 bits per heavy atom. The Kier molecular flexibility index (Phi) is 5.65. The third kappa shape index (κ3) is 4.71. The van der Waals surface area contributed by atoms with Gasteiger partial charge in [-0.2, -0.15) is 0 Å². The number of aliphatic hydroxyl groups excluding tert-OH is 1. The van der Waals surface area contributed by atoms with Gasteiger partial charge in [0.15, 0.2) is 0 Å². The van der Waals surface area contributed by atoms with E-state index in [1.165, 1.54) is 12.4 Å². The van der Waals surface area contributed by atoms with Crippen molar-refractivity contribution in [1.29, 1.82) is 0 Å². The van der Waals surface area contributed by atoms with Crippen LogP contribution in [0.2, 0.25) is 0 Å². The molecule has 5 nitrogen and oxygen atoms in total. The second-order valence-corrected chi connectivity index (χ2v) is 2.96. The van der Waals surface area contributed by atoms with Crippen LogP contribution < -0.4 is 4.74 Å². The first-order valence-electron chi connectivity index (χ1n) is 4.99. The second kappa shape index (κ2) is 7.14. The molecule has 0 saturated carbocycles. The molecule has 15 heavy (non-hydrogen) atoms. The molecule has 0 atom stereocenters. The topological polar surface area (TPSA) is 64.5 Å². The van der Waals surface area contributed by atoms with Crippen molar-refractivity contribution < 1.29 is 14.6 Å². The standard InChI is InChI=1S/C10H16N2O3/c1-2-3-14-4-5-15-10-7-11-9(8-13)6-12-10/h6-7,13H,2-5,8H2,1H3. The van der Waals surface area contributed by atoms with Gasteiger partial charge in [0, 0.05) is 6.61 Å². The fourth-order valence-electron chi connectivity index (χ4n) is 0.951. The summed E-state index contributed by atoms with van der Waals surface area (Å²) in [6, 6.07) is 0. The summed E-state index contributed by atoms with van der Waals surface area (Å²) >= 11 is 0. The van der Waals surface area contributed by atoms with E-state index in [0.29, 0.717) is 24.8 Å². The van der Waals surface area contributed by atoms with Crippen LogP contribution in [0, 0.1) is 0 Å².